The van der Waals surface area contributed by atoms with E-state index in [2.05, 4.69) is 16.3 Å². The molecule has 1 heterocycles. The molecule has 0 spiro atoms. The van der Waals surface area contributed by atoms with Crippen LogP contribution in [0.5, 0.6) is 0 Å². The summed E-state index contributed by atoms with van der Waals surface area (Å²) in [7, 11) is 0. The molecule has 0 saturated carbocycles. The van der Waals surface area contributed by atoms with Crippen LogP contribution >= 0.6 is 0 Å². The van der Waals surface area contributed by atoms with Crippen LogP contribution in [0.1, 0.15) is 35.2 Å². The Balaban J connectivity index is 1.87. The summed E-state index contributed by atoms with van der Waals surface area (Å²) in [5.74, 6) is -0.382. The molecule has 0 aliphatic carbocycles. The first-order valence-electron chi connectivity index (χ1n) is 8.89. The van der Waals surface area contributed by atoms with Crippen molar-refractivity contribution in [2.75, 3.05) is 23.3 Å². The van der Waals surface area contributed by atoms with Gasteiger partial charge >= 0.3 is 0 Å². The third kappa shape index (κ3) is 4.42. The molecule has 0 aromatic heterocycles. The van der Waals surface area contributed by atoms with E-state index in [0.717, 1.165) is 43.6 Å². The normalized spacial score (nSPS) is 13.7. The molecule has 1 saturated heterocycles. The van der Waals surface area contributed by atoms with Crippen molar-refractivity contribution in [3.63, 3.8) is 0 Å². The van der Waals surface area contributed by atoms with Gasteiger partial charge < -0.3 is 10.2 Å². The van der Waals surface area contributed by atoms with Gasteiger partial charge in [-0.15, -0.1) is 0 Å². The molecule has 138 valence electrons. The highest BCUT2D eigenvalue weighted by Crippen LogP contribution is 2.28. The van der Waals surface area contributed by atoms with E-state index in [1.807, 2.05) is 0 Å². The quantitative estimate of drug-likeness (QED) is 0.641. The summed E-state index contributed by atoms with van der Waals surface area (Å²) in [5.41, 5.74) is 2.36. The number of carbonyl (C=O) groups is 1. The molecule has 1 amide bonds. The van der Waals surface area contributed by atoms with Crippen LogP contribution < -0.4 is 10.2 Å². The fourth-order valence-corrected chi connectivity index (χ4v) is 3.23. The number of hydrogen-bond donors (Lipinski definition) is 1. The van der Waals surface area contributed by atoms with Crippen LogP contribution in [0.15, 0.2) is 42.5 Å². The first kappa shape index (κ1) is 18.4. The van der Waals surface area contributed by atoms with Crippen molar-refractivity contribution < 1.29 is 9.72 Å². The molecule has 7 heteroatoms. The number of anilines is 2. The van der Waals surface area contributed by atoms with Crippen LogP contribution in [0.25, 0.3) is 0 Å². The zero-order valence-electron chi connectivity index (χ0n) is 14.9. The molecule has 2 aromatic carbocycles. The van der Waals surface area contributed by atoms with Gasteiger partial charge in [0.2, 0.25) is 0 Å². The van der Waals surface area contributed by atoms with Crippen molar-refractivity contribution in [1.29, 1.82) is 5.26 Å². The van der Waals surface area contributed by atoms with Gasteiger partial charge in [0.05, 0.1) is 28.7 Å². The highest BCUT2D eigenvalue weighted by atomic mass is 16.6. The second-order valence-electron chi connectivity index (χ2n) is 6.49. The van der Waals surface area contributed by atoms with Crippen LogP contribution in [-0.2, 0) is 6.42 Å². The minimum Gasteiger partial charge on any atom is -0.371 e. The number of nitro groups is 1. The van der Waals surface area contributed by atoms with Gasteiger partial charge in [0.25, 0.3) is 11.6 Å². The first-order chi connectivity index (χ1) is 13.1. The number of amides is 1. The average Bonchev–Trinajstić information content (AvgIpc) is 2.70. The van der Waals surface area contributed by atoms with Gasteiger partial charge in [-0.05, 0) is 43.0 Å². The Labute approximate surface area is 157 Å². The van der Waals surface area contributed by atoms with Gasteiger partial charge in [0, 0.05) is 30.9 Å². The molecule has 7 nitrogen and oxygen atoms in total. The molecular weight excluding hydrogens is 344 g/mol. The first-order valence-corrected chi connectivity index (χ1v) is 8.89. The number of nitriles is 1. The standard InChI is InChI=1S/C20H20N4O3/c21-11-10-15-4-6-16(7-5-15)22-20(25)18-14-17(24(26)27)8-9-19(18)23-12-2-1-3-13-23/h4-9,14H,1-3,10,12-13H2,(H,22,25). The maximum atomic E-state index is 12.9. The van der Waals surface area contributed by atoms with E-state index in [4.69, 9.17) is 5.26 Å². The summed E-state index contributed by atoms with van der Waals surface area (Å²) >= 11 is 0. The Hall–Kier alpha value is -3.40. The van der Waals surface area contributed by atoms with Gasteiger partial charge in [-0.2, -0.15) is 5.26 Å². The fourth-order valence-electron chi connectivity index (χ4n) is 3.23. The second kappa shape index (κ2) is 8.32. The van der Waals surface area contributed by atoms with Crippen molar-refractivity contribution in [2.24, 2.45) is 0 Å². The molecule has 1 aliphatic heterocycles. The number of non-ortho nitro benzene ring substituents is 1. The highest BCUT2D eigenvalue weighted by molar-refractivity contribution is 6.08. The topological polar surface area (TPSA) is 99.3 Å². The van der Waals surface area contributed by atoms with Crippen LogP contribution in [0.2, 0.25) is 0 Å². The van der Waals surface area contributed by atoms with Crippen molar-refractivity contribution >= 4 is 23.0 Å². The molecule has 1 N–H and O–H groups in total. The highest BCUT2D eigenvalue weighted by Gasteiger charge is 2.22. The summed E-state index contributed by atoms with van der Waals surface area (Å²) in [6.45, 7) is 1.67. The number of rotatable bonds is 5. The third-order valence-corrected chi connectivity index (χ3v) is 4.63. The van der Waals surface area contributed by atoms with Gasteiger partial charge in [-0.1, -0.05) is 12.1 Å². The summed E-state index contributed by atoms with van der Waals surface area (Å²) < 4.78 is 0. The maximum absolute atomic E-state index is 12.9. The fraction of sp³-hybridized carbons (Fsp3) is 0.300. The molecule has 2 aromatic rings. The monoisotopic (exact) mass is 364 g/mol. The summed E-state index contributed by atoms with van der Waals surface area (Å²) in [5, 5.41) is 22.7. The number of nitrogens with one attached hydrogen (secondary N) is 1. The van der Waals surface area contributed by atoms with E-state index in [9.17, 15) is 14.9 Å². The predicted octanol–water partition coefficient (Wildman–Crippen LogP) is 3.90. The smallest absolute Gasteiger partial charge is 0.270 e. The average molecular weight is 364 g/mol. The van der Waals surface area contributed by atoms with Gasteiger partial charge in [0.15, 0.2) is 0 Å². The minimum atomic E-state index is -0.493. The summed E-state index contributed by atoms with van der Waals surface area (Å²) in [4.78, 5) is 25.6. The van der Waals surface area contributed by atoms with Crippen LogP contribution in [-0.4, -0.2) is 23.9 Å². The SMILES string of the molecule is N#CCc1ccc(NC(=O)c2cc([N+](=O)[O-])ccc2N2CCCCC2)cc1. The Bertz CT molecular complexity index is 881. The lowest BCUT2D eigenvalue weighted by atomic mass is 10.1. The molecule has 27 heavy (non-hydrogen) atoms. The lowest BCUT2D eigenvalue weighted by Gasteiger charge is -2.30. The predicted molar refractivity (Wildman–Crippen MR) is 103 cm³/mol. The summed E-state index contributed by atoms with van der Waals surface area (Å²) in [6, 6.07) is 13.5. The van der Waals surface area contributed by atoms with Gasteiger partial charge in [-0.3, -0.25) is 14.9 Å². The number of piperidine rings is 1. The lowest BCUT2D eigenvalue weighted by Crippen LogP contribution is -2.31. The van der Waals surface area contributed by atoms with Gasteiger partial charge in [0.1, 0.15) is 0 Å². The minimum absolute atomic E-state index is 0.106. The molecule has 1 fully saturated rings. The molecule has 1 aliphatic rings. The van der Waals surface area contributed by atoms with E-state index in [1.54, 1.807) is 30.3 Å². The van der Waals surface area contributed by atoms with Crippen molar-refractivity contribution in [1.82, 2.24) is 0 Å². The van der Waals surface area contributed by atoms with Crippen LogP contribution in [0, 0.1) is 21.4 Å². The van der Waals surface area contributed by atoms with E-state index in [1.165, 1.54) is 12.1 Å². The molecule has 0 unspecified atom stereocenters. The van der Waals surface area contributed by atoms with E-state index < -0.39 is 4.92 Å². The lowest BCUT2D eigenvalue weighted by molar-refractivity contribution is -0.384. The van der Waals surface area contributed by atoms with E-state index >= 15 is 0 Å². The van der Waals surface area contributed by atoms with Crippen LogP contribution in [0.4, 0.5) is 17.1 Å². The number of carbonyl (C=O) groups excluding carboxylic acids is 1. The zero-order valence-corrected chi connectivity index (χ0v) is 14.9. The molecule has 0 atom stereocenters. The van der Waals surface area contributed by atoms with Gasteiger partial charge in [-0.25, -0.2) is 0 Å². The molecular formula is C20H20N4O3. The van der Waals surface area contributed by atoms with Crippen molar-refractivity contribution in [3.05, 3.63) is 63.7 Å². The Kier molecular flexibility index (Phi) is 5.67. The largest absolute Gasteiger partial charge is 0.371 e. The number of hydrogen-bond acceptors (Lipinski definition) is 5. The maximum Gasteiger partial charge on any atom is 0.270 e. The zero-order chi connectivity index (χ0) is 19.2. The Morgan fingerprint density at radius 1 is 1.15 bits per heavy atom. The molecule has 0 radical (unpaired) electrons. The molecule has 3 rings (SSSR count). The van der Waals surface area contributed by atoms with E-state index in [-0.39, 0.29) is 11.6 Å². The summed E-state index contributed by atoms with van der Waals surface area (Å²) in [6.07, 6.45) is 3.54. The third-order valence-electron chi connectivity index (χ3n) is 4.63. The molecule has 0 bridgehead atoms. The Morgan fingerprint density at radius 2 is 1.85 bits per heavy atom. The van der Waals surface area contributed by atoms with E-state index in [0.29, 0.717) is 17.7 Å². The van der Waals surface area contributed by atoms with Crippen molar-refractivity contribution in [3.8, 4) is 6.07 Å². The van der Waals surface area contributed by atoms with Crippen molar-refractivity contribution in [2.45, 2.75) is 25.7 Å². The second-order valence-corrected chi connectivity index (χ2v) is 6.49. The van der Waals surface area contributed by atoms with Crippen LogP contribution in [0.3, 0.4) is 0 Å². The number of nitro benzene ring substituents is 1. The Morgan fingerprint density at radius 3 is 2.48 bits per heavy atom. The number of nitrogens with zero attached hydrogens (tertiary/aromatic N) is 3. The number of benzene rings is 2.